The van der Waals surface area contributed by atoms with E-state index in [9.17, 15) is 9.59 Å². The monoisotopic (exact) mass is 604 g/mol. The third-order valence-corrected chi connectivity index (χ3v) is 7.45. The van der Waals surface area contributed by atoms with Crippen LogP contribution in [0.15, 0.2) is 57.5 Å². The van der Waals surface area contributed by atoms with Crippen molar-refractivity contribution in [2.45, 2.75) is 26.8 Å². The van der Waals surface area contributed by atoms with Crippen LogP contribution >= 0.6 is 33.9 Å². The number of hydrogen-bond acceptors (Lipinski definition) is 7. The highest BCUT2D eigenvalue weighted by Gasteiger charge is 2.33. The van der Waals surface area contributed by atoms with Crippen LogP contribution in [0.4, 0.5) is 0 Å². The molecule has 0 aliphatic carbocycles. The predicted molar refractivity (Wildman–Crippen MR) is 144 cm³/mol. The van der Waals surface area contributed by atoms with Gasteiger partial charge in [0.1, 0.15) is 0 Å². The van der Waals surface area contributed by atoms with Crippen molar-refractivity contribution in [3.63, 3.8) is 0 Å². The Labute approximate surface area is 220 Å². The molecule has 4 rings (SSSR count). The SMILES string of the molecule is CCOC(=O)C1=C(C)N=c2sc(=Cc3cc(I)c(OC)c(OC)c3)c(=O)n2C1c1ccc(C)cc1. The van der Waals surface area contributed by atoms with Gasteiger partial charge in [-0.1, -0.05) is 41.2 Å². The zero-order chi connectivity index (χ0) is 25.3. The third kappa shape index (κ3) is 4.79. The number of ether oxygens (including phenoxy) is 3. The van der Waals surface area contributed by atoms with E-state index in [4.69, 9.17) is 14.2 Å². The van der Waals surface area contributed by atoms with E-state index in [0.717, 1.165) is 20.3 Å². The lowest BCUT2D eigenvalue weighted by atomic mass is 9.95. The first-order chi connectivity index (χ1) is 16.8. The number of allylic oxidation sites excluding steroid dienone is 1. The van der Waals surface area contributed by atoms with E-state index >= 15 is 0 Å². The van der Waals surface area contributed by atoms with Crippen molar-refractivity contribution in [1.82, 2.24) is 4.57 Å². The van der Waals surface area contributed by atoms with Gasteiger partial charge in [-0.05, 0) is 72.7 Å². The van der Waals surface area contributed by atoms with Crippen LogP contribution in [0.2, 0.25) is 0 Å². The number of esters is 1. The molecule has 1 unspecified atom stereocenters. The Morgan fingerprint density at radius 3 is 2.51 bits per heavy atom. The topological polar surface area (TPSA) is 79.1 Å². The lowest BCUT2D eigenvalue weighted by Crippen LogP contribution is -2.39. The lowest BCUT2D eigenvalue weighted by molar-refractivity contribution is -0.139. The molecule has 0 radical (unpaired) electrons. The molecule has 35 heavy (non-hydrogen) atoms. The number of aryl methyl sites for hydroxylation is 1. The van der Waals surface area contributed by atoms with Gasteiger partial charge >= 0.3 is 5.97 Å². The third-order valence-electron chi connectivity index (χ3n) is 5.66. The first-order valence-electron chi connectivity index (χ1n) is 11.0. The fourth-order valence-electron chi connectivity index (χ4n) is 4.03. The summed E-state index contributed by atoms with van der Waals surface area (Å²) < 4.78 is 19.2. The fourth-order valence-corrected chi connectivity index (χ4v) is 5.92. The van der Waals surface area contributed by atoms with Gasteiger partial charge in [0.25, 0.3) is 5.56 Å². The Morgan fingerprint density at radius 1 is 1.17 bits per heavy atom. The second-order valence-corrected chi connectivity index (χ2v) is 10.1. The van der Waals surface area contributed by atoms with Gasteiger partial charge in [-0.3, -0.25) is 9.36 Å². The van der Waals surface area contributed by atoms with E-state index in [0.29, 0.717) is 32.1 Å². The second-order valence-electron chi connectivity index (χ2n) is 7.95. The first-order valence-corrected chi connectivity index (χ1v) is 12.9. The summed E-state index contributed by atoms with van der Waals surface area (Å²) >= 11 is 3.46. The summed E-state index contributed by atoms with van der Waals surface area (Å²) in [5.41, 5.74) is 3.39. The summed E-state index contributed by atoms with van der Waals surface area (Å²) in [5, 5.41) is 0. The number of benzene rings is 2. The van der Waals surface area contributed by atoms with Gasteiger partial charge in [0.05, 0.1) is 46.2 Å². The number of hydrogen-bond donors (Lipinski definition) is 0. The van der Waals surface area contributed by atoms with E-state index in [1.54, 1.807) is 32.6 Å². The molecule has 2 aromatic carbocycles. The molecule has 0 spiro atoms. The summed E-state index contributed by atoms with van der Waals surface area (Å²) in [4.78, 5) is 31.8. The highest BCUT2D eigenvalue weighted by atomic mass is 127. The molecule has 0 saturated carbocycles. The predicted octanol–water partition coefficient (Wildman–Crippen LogP) is 3.73. The average molecular weight is 604 g/mol. The molecule has 0 fully saturated rings. The normalized spacial score (nSPS) is 15.5. The van der Waals surface area contributed by atoms with Crippen molar-refractivity contribution in [2.24, 2.45) is 4.99 Å². The molecule has 3 aromatic rings. The van der Waals surface area contributed by atoms with Crippen LogP contribution in [-0.4, -0.2) is 31.4 Å². The van der Waals surface area contributed by atoms with Gasteiger partial charge in [0.2, 0.25) is 0 Å². The molecule has 1 atom stereocenters. The van der Waals surface area contributed by atoms with Gasteiger partial charge in [-0.25, -0.2) is 9.79 Å². The highest BCUT2D eigenvalue weighted by molar-refractivity contribution is 14.1. The molecule has 182 valence electrons. The van der Waals surface area contributed by atoms with Crippen LogP contribution in [0.3, 0.4) is 0 Å². The molecule has 2 heterocycles. The Kier molecular flexibility index (Phi) is 7.46. The van der Waals surface area contributed by atoms with Crippen molar-refractivity contribution in [1.29, 1.82) is 0 Å². The largest absolute Gasteiger partial charge is 0.493 e. The molecule has 0 amide bonds. The standard InChI is InChI=1S/C26H25IN2O5S/c1-6-34-25(31)21-15(3)28-26-29(22(21)17-9-7-14(2)8-10-17)24(30)20(35-26)13-16-11-18(27)23(33-5)19(12-16)32-4/h7-13,22H,6H2,1-5H3. The van der Waals surface area contributed by atoms with Gasteiger partial charge in [0, 0.05) is 0 Å². The number of thiazole rings is 1. The van der Waals surface area contributed by atoms with Gasteiger partial charge in [0.15, 0.2) is 16.3 Å². The van der Waals surface area contributed by atoms with Crippen molar-refractivity contribution in [3.05, 3.63) is 87.6 Å². The number of aromatic nitrogens is 1. The second kappa shape index (κ2) is 10.4. The molecule has 0 saturated heterocycles. The summed E-state index contributed by atoms with van der Waals surface area (Å²) in [5.74, 6) is 0.750. The summed E-state index contributed by atoms with van der Waals surface area (Å²) in [6, 6.07) is 10.9. The van der Waals surface area contributed by atoms with Crippen molar-refractivity contribution >= 4 is 46.0 Å². The van der Waals surface area contributed by atoms with Crippen molar-refractivity contribution in [3.8, 4) is 11.5 Å². The summed E-state index contributed by atoms with van der Waals surface area (Å²) in [7, 11) is 3.17. The van der Waals surface area contributed by atoms with Crippen molar-refractivity contribution < 1.29 is 19.0 Å². The fraction of sp³-hybridized carbons (Fsp3) is 0.269. The quantitative estimate of drug-likeness (QED) is 0.317. The first kappa shape index (κ1) is 25.2. The lowest BCUT2D eigenvalue weighted by Gasteiger charge is -2.24. The Bertz CT molecular complexity index is 1500. The number of methoxy groups -OCH3 is 2. The molecule has 9 heteroatoms. The summed E-state index contributed by atoms with van der Waals surface area (Å²) in [6.07, 6.45) is 1.81. The van der Waals surface area contributed by atoms with E-state index in [-0.39, 0.29) is 12.2 Å². The zero-order valence-corrected chi connectivity index (χ0v) is 23.0. The van der Waals surface area contributed by atoms with Gasteiger partial charge in [-0.15, -0.1) is 0 Å². The molecule has 0 bridgehead atoms. The number of halogens is 1. The molecule has 0 N–H and O–H groups in total. The van der Waals surface area contributed by atoms with E-state index in [1.807, 2.05) is 49.4 Å². The molecule has 7 nitrogen and oxygen atoms in total. The minimum Gasteiger partial charge on any atom is -0.493 e. The number of carbonyl (C=O) groups excluding carboxylic acids is 1. The maximum absolute atomic E-state index is 13.7. The number of rotatable bonds is 6. The highest BCUT2D eigenvalue weighted by Crippen LogP contribution is 2.34. The van der Waals surface area contributed by atoms with E-state index < -0.39 is 12.0 Å². The minimum atomic E-state index is -0.626. The number of fused-ring (bicyclic) bond motifs is 1. The maximum atomic E-state index is 13.7. The van der Waals surface area contributed by atoms with Crippen LogP contribution in [-0.2, 0) is 9.53 Å². The zero-order valence-electron chi connectivity index (χ0n) is 20.0. The van der Waals surface area contributed by atoms with Gasteiger partial charge in [-0.2, -0.15) is 0 Å². The summed E-state index contributed by atoms with van der Waals surface area (Å²) in [6.45, 7) is 5.77. The smallest absolute Gasteiger partial charge is 0.338 e. The van der Waals surface area contributed by atoms with Gasteiger partial charge < -0.3 is 14.2 Å². The van der Waals surface area contributed by atoms with Crippen LogP contribution in [0.25, 0.3) is 6.08 Å². The Hall–Kier alpha value is -2.92. The average Bonchev–Trinajstić information content (AvgIpc) is 3.12. The Balaban J connectivity index is 1.94. The molecular weight excluding hydrogens is 579 g/mol. The molecular formula is C26H25IN2O5S. The van der Waals surface area contributed by atoms with E-state index in [2.05, 4.69) is 27.6 Å². The van der Waals surface area contributed by atoms with Crippen LogP contribution < -0.4 is 24.4 Å². The van der Waals surface area contributed by atoms with Crippen LogP contribution in [0.5, 0.6) is 11.5 Å². The number of carbonyl (C=O) groups is 1. The van der Waals surface area contributed by atoms with Crippen LogP contribution in [0, 0.1) is 10.5 Å². The maximum Gasteiger partial charge on any atom is 0.338 e. The number of nitrogens with zero attached hydrogens (tertiary/aromatic N) is 2. The Morgan fingerprint density at radius 2 is 1.89 bits per heavy atom. The van der Waals surface area contributed by atoms with E-state index in [1.165, 1.54) is 11.3 Å². The molecule has 1 aliphatic rings. The minimum absolute atomic E-state index is 0.224. The molecule has 1 aromatic heterocycles. The van der Waals surface area contributed by atoms with Crippen molar-refractivity contribution in [2.75, 3.05) is 20.8 Å². The van der Waals surface area contributed by atoms with Crippen LogP contribution in [0.1, 0.15) is 36.6 Å². The molecule has 1 aliphatic heterocycles.